The molecule has 2 rings (SSSR count). The van der Waals surface area contributed by atoms with Crippen LogP contribution < -0.4 is 5.32 Å². The summed E-state index contributed by atoms with van der Waals surface area (Å²) in [5.41, 5.74) is -0.698. The van der Waals surface area contributed by atoms with Gasteiger partial charge in [0, 0.05) is 12.0 Å². The summed E-state index contributed by atoms with van der Waals surface area (Å²) >= 11 is 0. The highest BCUT2D eigenvalue weighted by Gasteiger charge is 2.51. The van der Waals surface area contributed by atoms with E-state index in [0.717, 1.165) is 6.29 Å². The first-order valence-electron chi connectivity index (χ1n) is 8.02. The second kappa shape index (κ2) is 6.78. The molecule has 0 aliphatic carbocycles. The van der Waals surface area contributed by atoms with Crippen molar-refractivity contribution in [1.82, 2.24) is 10.2 Å². The van der Waals surface area contributed by atoms with E-state index < -0.39 is 35.7 Å². The summed E-state index contributed by atoms with van der Waals surface area (Å²) in [6.45, 7) is 5.15. The highest BCUT2D eigenvalue weighted by atomic mass is 16.6. The van der Waals surface area contributed by atoms with Crippen LogP contribution in [-0.4, -0.2) is 60.0 Å². The molecule has 2 heterocycles. The Hall–Kier alpha value is -2.12. The van der Waals surface area contributed by atoms with Gasteiger partial charge in [0.2, 0.25) is 5.91 Å². The zero-order valence-corrected chi connectivity index (χ0v) is 14.4. The number of hydrogen-bond acceptors (Lipinski definition) is 6. The highest BCUT2D eigenvalue weighted by Crippen LogP contribution is 2.36. The molecule has 0 unspecified atom stereocenters. The van der Waals surface area contributed by atoms with Gasteiger partial charge >= 0.3 is 12.1 Å². The van der Waals surface area contributed by atoms with Crippen LogP contribution in [0.2, 0.25) is 0 Å². The van der Waals surface area contributed by atoms with Crippen LogP contribution in [0.15, 0.2) is 0 Å². The molecule has 0 saturated carbocycles. The standard InChI is InChI=1S/C16H24N2O6/c1-16(2,3)24-15(22)17-10-7-9(8-19)11-5-6-12(14(21)23-4)18(11)13(10)20/h8-12H,5-7H2,1-4H3,(H,17,22)/t9-,10+,11-,12+/m1/s1. The first-order valence-corrected chi connectivity index (χ1v) is 8.02. The van der Waals surface area contributed by atoms with Gasteiger partial charge in [-0.2, -0.15) is 0 Å². The van der Waals surface area contributed by atoms with Gasteiger partial charge in [-0.1, -0.05) is 0 Å². The Morgan fingerprint density at radius 1 is 1.29 bits per heavy atom. The number of rotatable bonds is 3. The maximum absolute atomic E-state index is 12.7. The van der Waals surface area contributed by atoms with Crippen LogP contribution in [0.3, 0.4) is 0 Å². The van der Waals surface area contributed by atoms with Crippen LogP contribution in [0.4, 0.5) is 4.79 Å². The normalized spacial score (nSPS) is 29.7. The zero-order chi connectivity index (χ0) is 18.1. The lowest BCUT2D eigenvalue weighted by atomic mass is 9.87. The van der Waals surface area contributed by atoms with E-state index in [1.54, 1.807) is 20.8 Å². The molecule has 2 fully saturated rings. The number of carbonyl (C=O) groups is 4. The lowest BCUT2D eigenvalue weighted by molar-refractivity contribution is -0.156. The topological polar surface area (TPSA) is 102 Å². The third-order valence-corrected chi connectivity index (χ3v) is 4.32. The molecule has 0 spiro atoms. The first-order chi connectivity index (χ1) is 11.2. The number of amides is 2. The Morgan fingerprint density at radius 2 is 1.96 bits per heavy atom. The Balaban J connectivity index is 2.16. The molecule has 1 N–H and O–H groups in total. The smallest absolute Gasteiger partial charge is 0.408 e. The van der Waals surface area contributed by atoms with E-state index in [9.17, 15) is 19.2 Å². The SMILES string of the molecule is COC(=O)[C@@H]1CC[C@@H]2[C@@H](C=O)C[C@H](NC(=O)OC(C)(C)C)C(=O)N21. The molecule has 0 bridgehead atoms. The van der Waals surface area contributed by atoms with Crippen molar-refractivity contribution in [2.75, 3.05) is 7.11 Å². The van der Waals surface area contributed by atoms with Gasteiger partial charge in [-0.15, -0.1) is 0 Å². The highest BCUT2D eigenvalue weighted by molar-refractivity contribution is 5.92. The van der Waals surface area contributed by atoms with Gasteiger partial charge < -0.3 is 24.5 Å². The molecule has 2 saturated heterocycles. The largest absolute Gasteiger partial charge is 0.467 e. The lowest BCUT2D eigenvalue weighted by Crippen LogP contribution is -2.61. The number of ether oxygens (including phenoxy) is 2. The van der Waals surface area contributed by atoms with E-state index in [1.807, 2.05) is 0 Å². The van der Waals surface area contributed by atoms with Crippen molar-refractivity contribution in [1.29, 1.82) is 0 Å². The number of piperidine rings is 1. The van der Waals surface area contributed by atoms with Crippen molar-refractivity contribution in [3.05, 3.63) is 0 Å². The summed E-state index contributed by atoms with van der Waals surface area (Å²) in [6, 6.07) is -1.93. The van der Waals surface area contributed by atoms with Crippen molar-refractivity contribution >= 4 is 24.3 Å². The van der Waals surface area contributed by atoms with Crippen LogP contribution in [0.1, 0.15) is 40.0 Å². The summed E-state index contributed by atoms with van der Waals surface area (Å²) in [7, 11) is 1.26. The quantitative estimate of drug-likeness (QED) is 0.597. The van der Waals surface area contributed by atoms with Gasteiger partial charge in [0.1, 0.15) is 24.0 Å². The van der Waals surface area contributed by atoms with Crippen LogP contribution >= 0.6 is 0 Å². The predicted molar refractivity (Wildman–Crippen MR) is 83.0 cm³/mol. The number of hydrogen-bond donors (Lipinski definition) is 1. The Labute approximate surface area is 140 Å². The number of nitrogens with one attached hydrogen (secondary N) is 1. The number of fused-ring (bicyclic) bond motifs is 1. The number of alkyl carbamates (subject to hydrolysis) is 1. The van der Waals surface area contributed by atoms with E-state index in [2.05, 4.69) is 5.32 Å². The van der Waals surface area contributed by atoms with Crippen molar-refractivity contribution < 1.29 is 28.7 Å². The average molecular weight is 340 g/mol. The molecule has 8 nitrogen and oxygen atoms in total. The van der Waals surface area contributed by atoms with Gasteiger partial charge in [-0.3, -0.25) is 4.79 Å². The van der Waals surface area contributed by atoms with E-state index in [-0.39, 0.29) is 18.4 Å². The predicted octanol–water partition coefficient (Wildman–Crippen LogP) is 0.631. The van der Waals surface area contributed by atoms with E-state index >= 15 is 0 Å². The Morgan fingerprint density at radius 3 is 2.50 bits per heavy atom. The fraction of sp³-hybridized carbons (Fsp3) is 0.750. The van der Waals surface area contributed by atoms with Gasteiger partial charge in [0.25, 0.3) is 0 Å². The Kier molecular flexibility index (Phi) is 5.15. The summed E-state index contributed by atoms with van der Waals surface area (Å²) in [5.74, 6) is -1.32. The molecule has 0 aromatic carbocycles. The van der Waals surface area contributed by atoms with Crippen molar-refractivity contribution in [3.8, 4) is 0 Å². The number of nitrogens with zero attached hydrogens (tertiary/aromatic N) is 1. The molecule has 2 amide bonds. The Bertz CT molecular complexity index is 541. The fourth-order valence-corrected chi connectivity index (χ4v) is 3.37. The van der Waals surface area contributed by atoms with Crippen LogP contribution in [0.25, 0.3) is 0 Å². The van der Waals surface area contributed by atoms with Crippen LogP contribution in [0.5, 0.6) is 0 Å². The van der Waals surface area contributed by atoms with E-state index in [1.165, 1.54) is 12.0 Å². The summed E-state index contributed by atoms with van der Waals surface area (Å²) in [5, 5.41) is 2.52. The molecule has 2 aliphatic rings. The molecule has 0 radical (unpaired) electrons. The van der Waals surface area contributed by atoms with Crippen molar-refractivity contribution in [2.45, 2.75) is 63.8 Å². The van der Waals surface area contributed by atoms with Crippen LogP contribution in [0, 0.1) is 5.92 Å². The molecule has 24 heavy (non-hydrogen) atoms. The minimum absolute atomic E-state index is 0.205. The van der Waals surface area contributed by atoms with Crippen molar-refractivity contribution in [2.24, 2.45) is 5.92 Å². The zero-order valence-electron chi connectivity index (χ0n) is 14.4. The van der Waals surface area contributed by atoms with Gasteiger partial charge in [0.15, 0.2) is 0 Å². The van der Waals surface area contributed by atoms with Gasteiger partial charge in [-0.05, 0) is 40.0 Å². The molecular formula is C16H24N2O6. The van der Waals surface area contributed by atoms with E-state index in [4.69, 9.17) is 9.47 Å². The van der Waals surface area contributed by atoms with Crippen molar-refractivity contribution in [3.63, 3.8) is 0 Å². The summed E-state index contributed by atoms with van der Waals surface area (Å²) in [6.07, 6.45) is 1.28. The van der Waals surface area contributed by atoms with Crippen LogP contribution in [-0.2, 0) is 23.9 Å². The molecule has 8 heteroatoms. The molecular weight excluding hydrogens is 316 g/mol. The maximum atomic E-state index is 12.7. The van der Waals surface area contributed by atoms with Gasteiger partial charge in [-0.25, -0.2) is 9.59 Å². The second-order valence-corrected chi connectivity index (χ2v) is 7.16. The molecule has 2 aliphatic heterocycles. The first kappa shape index (κ1) is 18.2. The number of methoxy groups -OCH3 is 1. The minimum atomic E-state index is -0.892. The monoisotopic (exact) mass is 340 g/mol. The second-order valence-electron chi connectivity index (χ2n) is 7.16. The molecule has 134 valence electrons. The lowest BCUT2D eigenvalue weighted by Gasteiger charge is -2.40. The fourth-order valence-electron chi connectivity index (χ4n) is 3.37. The third-order valence-electron chi connectivity index (χ3n) is 4.32. The third kappa shape index (κ3) is 3.68. The summed E-state index contributed by atoms with van der Waals surface area (Å²) in [4.78, 5) is 49.4. The minimum Gasteiger partial charge on any atom is -0.467 e. The number of esters is 1. The molecule has 0 aromatic heterocycles. The number of carbonyl (C=O) groups excluding carboxylic acids is 4. The number of aldehydes is 1. The maximum Gasteiger partial charge on any atom is 0.408 e. The molecule has 0 aromatic rings. The molecule has 4 atom stereocenters. The average Bonchev–Trinajstić information content (AvgIpc) is 2.92. The van der Waals surface area contributed by atoms with Gasteiger partial charge in [0.05, 0.1) is 7.11 Å². The summed E-state index contributed by atoms with van der Waals surface area (Å²) < 4.78 is 9.91. The van der Waals surface area contributed by atoms with E-state index in [0.29, 0.717) is 12.8 Å².